The SMILES string of the molecule is CC/C=C\C/C=C\C/C=C\C/C=C\C/C=C\C/C=C\C/C=C\CCCC(=O)OC(CCCCCCCCCCCCCC)CCCCCCCC(=O)NC(CCCN)C(=O)O. The highest BCUT2D eigenvalue weighted by molar-refractivity contribution is 5.83. The molecule has 0 heterocycles. The van der Waals surface area contributed by atoms with E-state index in [9.17, 15) is 19.5 Å². The van der Waals surface area contributed by atoms with Crippen LogP contribution in [0.3, 0.4) is 0 Å². The second-order valence-corrected chi connectivity index (χ2v) is 16.5. The first-order chi connectivity index (χ1) is 29.9. The molecular formula is C54H92N2O5. The van der Waals surface area contributed by atoms with E-state index in [0.717, 1.165) is 109 Å². The molecule has 2 unspecified atom stereocenters. The molecule has 1 amide bonds. The van der Waals surface area contributed by atoms with Crippen LogP contribution in [-0.4, -0.2) is 41.6 Å². The van der Waals surface area contributed by atoms with Crippen molar-refractivity contribution in [3.8, 4) is 0 Å². The number of amides is 1. The van der Waals surface area contributed by atoms with Gasteiger partial charge in [0.15, 0.2) is 0 Å². The van der Waals surface area contributed by atoms with E-state index < -0.39 is 12.0 Å². The molecule has 61 heavy (non-hydrogen) atoms. The van der Waals surface area contributed by atoms with Crippen molar-refractivity contribution in [2.45, 2.75) is 231 Å². The Bertz CT molecular complexity index is 1230. The maximum absolute atomic E-state index is 12.8. The van der Waals surface area contributed by atoms with Gasteiger partial charge >= 0.3 is 11.9 Å². The highest BCUT2D eigenvalue weighted by Gasteiger charge is 2.19. The number of hydrogen-bond acceptors (Lipinski definition) is 5. The topological polar surface area (TPSA) is 119 Å². The van der Waals surface area contributed by atoms with Gasteiger partial charge in [-0.3, -0.25) is 9.59 Å². The van der Waals surface area contributed by atoms with Gasteiger partial charge in [-0.1, -0.05) is 189 Å². The summed E-state index contributed by atoms with van der Waals surface area (Å²) in [6, 6.07) is -0.865. The summed E-state index contributed by atoms with van der Waals surface area (Å²) in [6.45, 7) is 4.83. The first kappa shape index (κ1) is 57.5. The van der Waals surface area contributed by atoms with Gasteiger partial charge in [0.2, 0.25) is 5.91 Å². The zero-order chi connectivity index (χ0) is 44.5. The molecule has 0 aliphatic heterocycles. The van der Waals surface area contributed by atoms with E-state index in [0.29, 0.717) is 32.2 Å². The van der Waals surface area contributed by atoms with E-state index in [1.807, 2.05) is 0 Å². The second-order valence-electron chi connectivity index (χ2n) is 16.5. The standard InChI is InChI=1S/C54H92N2O5/c1-3-5-7-9-11-13-15-17-18-19-20-21-22-23-24-25-26-27-29-31-33-38-42-48-53(58)61-50(44-39-35-32-30-28-16-14-12-10-8-6-4-2)45-40-36-34-37-41-47-52(57)56-51(54(59)60)46-43-49-55/h5,7,11,13,17-18,20-21,23-24,26-27,31,33,50-51H,3-4,6,8-10,12,14-16,19,22,25,28-30,32,34-49,55H2,1-2H3,(H,56,57)(H,59,60)/b7-5-,13-11-,18-17-,21-20-,24-23-,27-26-,33-31-. The van der Waals surface area contributed by atoms with Crippen LogP contribution in [0.5, 0.6) is 0 Å². The fraction of sp³-hybridized carbons (Fsp3) is 0.685. The Balaban J connectivity index is 4.38. The number of hydrogen-bond donors (Lipinski definition) is 3. The average molecular weight is 849 g/mol. The lowest BCUT2D eigenvalue weighted by molar-refractivity contribution is -0.150. The van der Waals surface area contributed by atoms with Crippen molar-refractivity contribution in [3.63, 3.8) is 0 Å². The van der Waals surface area contributed by atoms with E-state index in [-0.39, 0.29) is 18.0 Å². The van der Waals surface area contributed by atoms with E-state index in [1.54, 1.807) is 0 Å². The number of aliphatic carboxylic acids is 1. The molecule has 4 N–H and O–H groups in total. The Kier molecular flexibility index (Phi) is 44.9. The maximum Gasteiger partial charge on any atom is 0.326 e. The lowest BCUT2D eigenvalue weighted by Gasteiger charge is -2.18. The Hall–Kier alpha value is -3.45. The molecule has 0 bridgehead atoms. The molecule has 0 aromatic heterocycles. The van der Waals surface area contributed by atoms with Crippen LogP contribution in [0.15, 0.2) is 85.1 Å². The molecule has 7 nitrogen and oxygen atoms in total. The minimum atomic E-state index is -1.01. The maximum atomic E-state index is 12.8. The van der Waals surface area contributed by atoms with E-state index >= 15 is 0 Å². The van der Waals surface area contributed by atoms with Gasteiger partial charge in [0, 0.05) is 12.8 Å². The Morgan fingerprint density at radius 2 is 0.902 bits per heavy atom. The number of carbonyl (C=O) groups excluding carboxylic acids is 2. The van der Waals surface area contributed by atoms with E-state index in [1.165, 1.54) is 70.6 Å². The molecule has 0 spiro atoms. The molecule has 0 aliphatic rings. The highest BCUT2D eigenvalue weighted by atomic mass is 16.5. The van der Waals surface area contributed by atoms with Gasteiger partial charge in [0.25, 0.3) is 0 Å². The minimum Gasteiger partial charge on any atom is -0.480 e. The number of nitrogens with one attached hydrogen (secondary N) is 1. The monoisotopic (exact) mass is 849 g/mol. The molecule has 0 rings (SSSR count). The molecule has 0 aromatic carbocycles. The molecule has 7 heteroatoms. The summed E-state index contributed by atoms with van der Waals surface area (Å²) < 4.78 is 6.04. The average Bonchev–Trinajstić information content (AvgIpc) is 3.25. The lowest BCUT2D eigenvalue weighted by atomic mass is 10.0. The molecule has 0 aliphatic carbocycles. The van der Waals surface area contributed by atoms with E-state index in [2.05, 4.69) is 104 Å². The third-order valence-electron chi connectivity index (χ3n) is 10.7. The number of rotatable bonds is 44. The van der Waals surface area contributed by atoms with Crippen molar-refractivity contribution < 1.29 is 24.2 Å². The van der Waals surface area contributed by atoms with Crippen LogP contribution in [0.2, 0.25) is 0 Å². The first-order valence-electron chi connectivity index (χ1n) is 24.9. The quantitative estimate of drug-likeness (QED) is 0.0319. The van der Waals surface area contributed by atoms with Crippen molar-refractivity contribution in [3.05, 3.63) is 85.1 Å². The Morgan fingerprint density at radius 3 is 1.33 bits per heavy atom. The molecule has 0 aromatic rings. The number of nitrogens with two attached hydrogens (primary N) is 1. The van der Waals surface area contributed by atoms with Crippen LogP contribution in [0.25, 0.3) is 0 Å². The number of allylic oxidation sites excluding steroid dienone is 14. The Labute approximate surface area is 375 Å². The predicted octanol–water partition coefficient (Wildman–Crippen LogP) is 14.8. The van der Waals surface area contributed by atoms with Gasteiger partial charge in [-0.15, -0.1) is 0 Å². The van der Waals surface area contributed by atoms with Crippen LogP contribution >= 0.6 is 0 Å². The van der Waals surface area contributed by atoms with Gasteiger partial charge in [0.1, 0.15) is 12.1 Å². The number of esters is 1. The molecule has 2 atom stereocenters. The predicted molar refractivity (Wildman–Crippen MR) is 262 cm³/mol. The summed E-state index contributed by atoms with van der Waals surface area (Å²) in [5, 5.41) is 12.0. The third-order valence-corrected chi connectivity index (χ3v) is 10.7. The molecule has 0 saturated heterocycles. The Morgan fingerprint density at radius 1 is 0.492 bits per heavy atom. The van der Waals surface area contributed by atoms with Crippen LogP contribution in [0.4, 0.5) is 0 Å². The summed E-state index contributed by atoms with van der Waals surface area (Å²) in [6.07, 6.45) is 63.5. The molecule has 348 valence electrons. The number of unbranched alkanes of at least 4 members (excludes halogenated alkanes) is 16. The fourth-order valence-electron chi connectivity index (χ4n) is 7.03. The van der Waals surface area contributed by atoms with Gasteiger partial charge in [-0.25, -0.2) is 4.79 Å². The van der Waals surface area contributed by atoms with Crippen LogP contribution in [0.1, 0.15) is 219 Å². The molecular weight excluding hydrogens is 757 g/mol. The van der Waals surface area contributed by atoms with Crippen molar-refractivity contribution in [2.75, 3.05) is 6.54 Å². The van der Waals surface area contributed by atoms with Crippen molar-refractivity contribution in [1.29, 1.82) is 0 Å². The number of ether oxygens (including phenoxy) is 1. The first-order valence-corrected chi connectivity index (χ1v) is 24.9. The summed E-state index contributed by atoms with van der Waals surface area (Å²) in [4.78, 5) is 36.5. The fourth-order valence-corrected chi connectivity index (χ4v) is 7.03. The number of carboxylic acids is 1. The molecule has 0 saturated carbocycles. The lowest BCUT2D eigenvalue weighted by Crippen LogP contribution is -2.40. The van der Waals surface area contributed by atoms with Gasteiger partial charge in [-0.05, 0) is 109 Å². The number of carboxylic acid groups (broad SMARTS) is 1. The van der Waals surface area contributed by atoms with Crippen molar-refractivity contribution in [1.82, 2.24) is 5.32 Å². The largest absolute Gasteiger partial charge is 0.480 e. The summed E-state index contributed by atoms with van der Waals surface area (Å²) in [7, 11) is 0. The zero-order valence-electron chi connectivity index (χ0n) is 39.2. The van der Waals surface area contributed by atoms with Gasteiger partial charge < -0.3 is 20.9 Å². The highest BCUT2D eigenvalue weighted by Crippen LogP contribution is 2.19. The summed E-state index contributed by atoms with van der Waals surface area (Å²) >= 11 is 0. The normalized spacial score (nSPS) is 13.4. The third kappa shape index (κ3) is 44.4. The van der Waals surface area contributed by atoms with Crippen molar-refractivity contribution >= 4 is 17.8 Å². The van der Waals surface area contributed by atoms with Gasteiger partial charge in [-0.2, -0.15) is 0 Å². The van der Waals surface area contributed by atoms with Crippen LogP contribution in [-0.2, 0) is 19.1 Å². The van der Waals surface area contributed by atoms with Crippen LogP contribution in [0, 0.1) is 0 Å². The van der Waals surface area contributed by atoms with E-state index in [4.69, 9.17) is 10.5 Å². The smallest absolute Gasteiger partial charge is 0.326 e. The van der Waals surface area contributed by atoms with Crippen molar-refractivity contribution in [2.24, 2.45) is 5.73 Å². The molecule has 0 fully saturated rings. The minimum absolute atomic E-state index is 0.0217. The zero-order valence-corrected chi connectivity index (χ0v) is 39.2. The number of carbonyl (C=O) groups is 3. The second kappa shape index (κ2) is 47.6. The van der Waals surface area contributed by atoms with Crippen LogP contribution < -0.4 is 11.1 Å². The molecule has 0 radical (unpaired) electrons. The summed E-state index contributed by atoms with van der Waals surface area (Å²) in [5.41, 5.74) is 5.50. The van der Waals surface area contributed by atoms with Gasteiger partial charge in [0.05, 0.1) is 0 Å². The summed E-state index contributed by atoms with van der Waals surface area (Å²) in [5.74, 6) is -1.30.